The second-order valence-corrected chi connectivity index (χ2v) is 7.00. The number of urea groups is 1. The first-order valence-electron chi connectivity index (χ1n) is 8.97. The molecule has 1 saturated heterocycles. The minimum atomic E-state index is -0.289. The van der Waals surface area contributed by atoms with Gasteiger partial charge in [-0.15, -0.1) is 0 Å². The van der Waals surface area contributed by atoms with E-state index in [9.17, 15) is 9.90 Å². The van der Waals surface area contributed by atoms with Gasteiger partial charge in [0.15, 0.2) is 0 Å². The Balaban J connectivity index is 1.54. The van der Waals surface area contributed by atoms with Gasteiger partial charge >= 0.3 is 6.03 Å². The van der Waals surface area contributed by atoms with E-state index >= 15 is 0 Å². The molecule has 2 amide bonds. The minimum absolute atomic E-state index is 0.0138. The molecule has 132 valence electrons. The maximum Gasteiger partial charge on any atom is 0.317 e. The lowest BCUT2D eigenvalue weighted by Crippen LogP contribution is -2.63. The number of carbonyl (C=O) groups excluding carboxylic acids is 1. The number of hydrogen-bond acceptors (Lipinski definition) is 3. The normalized spacial score (nSPS) is 26.7. The summed E-state index contributed by atoms with van der Waals surface area (Å²) < 4.78 is 5.78. The smallest absolute Gasteiger partial charge is 0.317 e. The van der Waals surface area contributed by atoms with E-state index in [4.69, 9.17) is 4.74 Å². The van der Waals surface area contributed by atoms with Crippen LogP contribution in [0, 0.1) is 5.41 Å². The van der Waals surface area contributed by atoms with Crippen LogP contribution in [-0.4, -0.2) is 47.9 Å². The Morgan fingerprint density at radius 2 is 2.04 bits per heavy atom. The standard InChI is InChI=1S/C19H28N2O3/c1-3-24-17-13-16(22)19(17)9-11-21(12-10-19)18(23)20-14(2)15-7-5-4-6-8-15/h4-8,14,16-17,22H,3,9-13H2,1-2H3,(H,20,23)/t14-,16?,17?/m1/s1. The maximum atomic E-state index is 12.5. The summed E-state index contributed by atoms with van der Waals surface area (Å²) >= 11 is 0. The number of likely N-dealkylation sites (tertiary alicyclic amines) is 1. The summed E-state index contributed by atoms with van der Waals surface area (Å²) in [5, 5.41) is 13.3. The van der Waals surface area contributed by atoms with Crippen molar-refractivity contribution in [2.24, 2.45) is 5.41 Å². The molecule has 1 heterocycles. The molecule has 24 heavy (non-hydrogen) atoms. The number of carbonyl (C=O) groups is 1. The molecule has 2 fully saturated rings. The van der Waals surface area contributed by atoms with Crippen LogP contribution in [0.15, 0.2) is 30.3 Å². The molecule has 1 spiro atoms. The first-order valence-corrected chi connectivity index (χ1v) is 8.97. The van der Waals surface area contributed by atoms with Crippen molar-refractivity contribution < 1.29 is 14.6 Å². The van der Waals surface area contributed by atoms with Crippen molar-refractivity contribution in [3.05, 3.63) is 35.9 Å². The van der Waals surface area contributed by atoms with Crippen molar-refractivity contribution in [2.45, 2.75) is 51.4 Å². The maximum absolute atomic E-state index is 12.5. The van der Waals surface area contributed by atoms with Gasteiger partial charge in [0.2, 0.25) is 0 Å². The Hall–Kier alpha value is -1.59. The van der Waals surface area contributed by atoms with Gasteiger partial charge in [-0.2, -0.15) is 0 Å². The number of aliphatic hydroxyl groups excluding tert-OH is 1. The molecule has 3 atom stereocenters. The molecule has 5 nitrogen and oxygen atoms in total. The van der Waals surface area contributed by atoms with Crippen molar-refractivity contribution in [3.8, 4) is 0 Å². The van der Waals surface area contributed by atoms with Gasteiger partial charge in [0.25, 0.3) is 0 Å². The Labute approximate surface area is 144 Å². The largest absolute Gasteiger partial charge is 0.392 e. The third kappa shape index (κ3) is 3.15. The zero-order chi connectivity index (χ0) is 17.2. The summed E-state index contributed by atoms with van der Waals surface area (Å²) in [7, 11) is 0. The predicted molar refractivity (Wildman–Crippen MR) is 92.7 cm³/mol. The zero-order valence-corrected chi connectivity index (χ0v) is 14.6. The van der Waals surface area contributed by atoms with Crippen LogP contribution in [0.2, 0.25) is 0 Å². The van der Waals surface area contributed by atoms with E-state index in [1.165, 1.54) is 0 Å². The Morgan fingerprint density at radius 1 is 1.38 bits per heavy atom. The lowest BCUT2D eigenvalue weighted by Gasteiger charge is -2.56. The van der Waals surface area contributed by atoms with Crippen molar-refractivity contribution in [2.75, 3.05) is 19.7 Å². The molecule has 1 saturated carbocycles. The fourth-order valence-electron chi connectivity index (χ4n) is 4.04. The van der Waals surface area contributed by atoms with E-state index < -0.39 is 0 Å². The highest BCUT2D eigenvalue weighted by Gasteiger charge is 2.56. The summed E-state index contributed by atoms with van der Waals surface area (Å²) in [5.41, 5.74) is 0.961. The third-order valence-corrected chi connectivity index (χ3v) is 5.73. The lowest BCUT2D eigenvalue weighted by atomic mass is 9.58. The van der Waals surface area contributed by atoms with Crippen molar-refractivity contribution in [1.82, 2.24) is 10.2 Å². The second kappa shape index (κ2) is 7.11. The van der Waals surface area contributed by atoms with E-state index in [2.05, 4.69) is 5.32 Å². The number of piperidine rings is 1. The molecule has 1 aromatic carbocycles. The summed E-state index contributed by atoms with van der Waals surface area (Å²) in [6.45, 7) is 6.02. The van der Waals surface area contributed by atoms with Crippen LogP contribution in [0.1, 0.15) is 44.7 Å². The Kier molecular flexibility index (Phi) is 5.11. The van der Waals surface area contributed by atoms with E-state index in [0.717, 1.165) is 24.8 Å². The number of amides is 2. The van der Waals surface area contributed by atoms with Crippen molar-refractivity contribution >= 4 is 6.03 Å². The number of aliphatic hydroxyl groups is 1. The summed E-state index contributed by atoms with van der Waals surface area (Å²) in [6.07, 6.45) is 2.21. The summed E-state index contributed by atoms with van der Waals surface area (Å²) in [5.74, 6) is 0. The van der Waals surface area contributed by atoms with Gasteiger partial charge in [-0.1, -0.05) is 30.3 Å². The van der Waals surface area contributed by atoms with Gasteiger partial charge in [0.05, 0.1) is 18.2 Å². The molecule has 2 N–H and O–H groups in total. The van der Waals surface area contributed by atoms with Crippen LogP contribution in [0.25, 0.3) is 0 Å². The molecular formula is C19H28N2O3. The molecule has 1 aliphatic heterocycles. The van der Waals surface area contributed by atoms with Crippen LogP contribution >= 0.6 is 0 Å². The molecule has 1 aliphatic carbocycles. The number of benzene rings is 1. The molecule has 5 heteroatoms. The highest BCUT2D eigenvalue weighted by atomic mass is 16.5. The fourth-order valence-corrected chi connectivity index (χ4v) is 4.04. The van der Waals surface area contributed by atoms with Crippen molar-refractivity contribution in [3.63, 3.8) is 0 Å². The first kappa shape index (κ1) is 17.2. The third-order valence-electron chi connectivity index (χ3n) is 5.73. The molecular weight excluding hydrogens is 304 g/mol. The van der Waals surface area contributed by atoms with Crippen molar-refractivity contribution in [1.29, 1.82) is 0 Å². The quantitative estimate of drug-likeness (QED) is 0.891. The molecule has 0 radical (unpaired) electrons. The van der Waals surface area contributed by atoms with Gasteiger partial charge < -0.3 is 20.1 Å². The number of rotatable bonds is 4. The van der Waals surface area contributed by atoms with Crippen LogP contribution in [-0.2, 0) is 4.74 Å². The van der Waals surface area contributed by atoms with E-state index in [1.54, 1.807) is 0 Å². The number of nitrogens with zero attached hydrogens (tertiary/aromatic N) is 1. The molecule has 0 bridgehead atoms. The highest BCUT2D eigenvalue weighted by Crippen LogP contribution is 2.50. The van der Waals surface area contributed by atoms with Gasteiger partial charge in [-0.25, -0.2) is 4.79 Å². The molecule has 2 unspecified atom stereocenters. The van der Waals surface area contributed by atoms with Crippen LogP contribution < -0.4 is 5.32 Å². The molecule has 0 aromatic heterocycles. The van der Waals surface area contributed by atoms with Crippen LogP contribution in [0.4, 0.5) is 4.79 Å². The number of ether oxygens (including phenoxy) is 1. The van der Waals surface area contributed by atoms with Gasteiger partial charge in [0.1, 0.15) is 0 Å². The fraction of sp³-hybridized carbons (Fsp3) is 0.632. The predicted octanol–water partition coefficient (Wildman–Crippen LogP) is 2.71. The number of nitrogens with one attached hydrogen (secondary N) is 1. The monoisotopic (exact) mass is 332 g/mol. The summed E-state index contributed by atoms with van der Waals surface area (Å²) in [4.78, 5) is 14.4. The lowest BCUT2D eigenvalue weighted by molar-refractivity contribution is -0.207. The Morgan fingerprint density at radius 3 is 2.62 bits per heavy atom. The zero-order valence-electron chi connectivity index (χ0n) is 14.6. The Bertz CT molecular complexity index is 553. The average molecular weight is 332 g/mol. The van der Waals surface area contributed by atoms with E-state index in [-0.39, 0.29) is 29.7 Å². The van der Waals surface area contributed by atoms with E-state index in [0.29, 0.717) is 19.7 Å². The topological polar surface area (TPSA) is 61.8 Å². The van der Waals surface area contributed by atoms with E-state index in [1.807, 2.05) is 49.1 Å². The van der Waals surface area contributed by atoms with Gasteiger partial charge in [-0.05, 0) is 32.3 Å². The average Bonchev–Trinajstić information content (AvgIpc) is 2.62. The highest BCUT2D eigenvalue weighted by molar-refractivity contribution is 5.74. The SMILES string of the molecule is CCOC1CC(O)C12CCN(C(=O)N[C@H](C)c1ccccc1)CC2. The van der Waals surface area contributed by atoms with Crippen LogP contribution in [0.3, 0.4) is 0 Å². The molecule has 3 rings (SSSR count). The second-order valence-electron chi connectivity index (χ2n) is 7.00. The first-order chi connectivity index (χ1) is 11.6. The summed E-state index contributed by atoms with van der Waals surface area (Å²) in [6, 6.07) is 9.94. The van der Waals surface area contributed by atoms with Gasteiger partial charge in [-0.3, -0.25) is 0 Å². The molecule has 2 aliphatic rings. The number of hydrogen-bond donors (Lipinski definition) is 2. The minimum Gasteiger partial charge on any atom is -0.392 e. The van der Waals surface area contributed by atoms with Gasteiger partial charge in [0, 0.05) is 31.5 Å². The van der Waals surface area contributed by atoms with Crippen LogP contribution in [0.5, 0.6) is 0 Å². The molecule has 1 aromatic rings.